The zero-order valence-corrected chi connectivity index (χ0v) is 10.4. The third kappa shape index (κ3) is 2.53. The van der Waals surface area contributed by atoms with E-state index in [2.05, 4.69) is 10.3 Å². The van der Waals surface area contributed by atoms with Crippen molar-refractivity contribution in [2.75, 3.05) is 5.32 Å². The molecule has 4 atom stereocenters. The number of amides is 1. The minimum atomic E-state index is -1.55. The van der Waals surface area contributed by atoms with E-state index in [-0.39, 0.29) is 11.7 Å². The van der Waals surface area contributed by atoms with Gasteiger partial charge in [-0.3, -0.25) is 9.36 Å². The Morgan fingerprint density at radius 1 is 1.60 bits per heavy atom. The summed E-state index contributed by atoms with van der Waals surface area (Å²) in [7, 11) is 0. The summed E-state index contributed by atoms with van der Waals surface area (Å²) in [6, 6.07) is 3.12. The molecule has 1 aliphatic heterocycles. The molecule has 1 fully saturated rings. The zero-order chi connectivity index (χ0) is 14.9. The van der Waals surface area contributed by atoms with E-state index in [4.69, 9.17) is 10.00 Å². The van der Waals surface area contributed by atoms with Crippen LogP contribution in [0, 0.1) is 17.2 Å². The molecule has 1 amide bonds. The summed E-state index contributed by atoms with van der Waals surface area (Å²) >= 11 is 0. The normalized spacial score (nSPS) is 28.9. The summed E-state index contributed by atoms with van der Waals surface area (Å²) in [4.78, 5) is 26.3. The second-order valence-corrected chi connectivity index (χ2v) is 4.25. The number of aliphatic hydroxyl groups is 2. The van der Waals surface area contributed by atoms with Crippen LogP contribution in [0.15, 0.2) is 17.1 Å². The Hall–Kier alpha value is -2.28. The fourth-order valence-corrected chi connectivity index (χ4v) is 1.89. The Balaban J connectivity index is 2.32. The number of nitrogens with zero attached hydrogens (tertiary/aromatic N) is 3. The number of nitriles is 1. The van der Waals surface area contributed by atoms with Crippen LogP contribution in [0.2, 0.25) is 0 Å². The lowest BCUT2D eigenvalue weighted by Crippen LogP contribution is -2.31. The first kappa shape index (κ1) is 14.1. The molecule has 0 aromatic carbocycles. The van der Waals surface area contributed by atoms with Crippen molar-refractivity contribution < 1.29 is 19.7 Å². The van der Waals surface area contributed by atoms with Gasteiger partial charge in [0, 0.05) is 13.1 Å². The number of carbonyl (C=O) groups is 1. The summed E-state index contributed by atoms with van der Waals surface area (Å²) in [5.41, 5.74) is -0.775. The Morgan fingerprint density at radius 3 is 2.85 bits per heavy atom. The van der Waals surface area contributed by atoms with Crippen LogP contribution < -0.4 is 11.0 Å². The van der Waals surface area contributed by atoms with Gasteiger partial charge >= 0.3 is 5.69 Å². The Labute approximate surface area is 113 Å². The highest BCUT2D eigenvalue weighted by molar-refractivity contribution is 5.87. The van der Waals surface area contributed by atoms with Crippen LogP contribution in [0.3, 0.4) is 0 Å². The first-order chi connectivity index (χ1) is 9.43. The number of rotatable bonds is 2. The molecule has 0 spiro atoms. The van der Waals surface area contributed by atoms with Gasteiger partial charge in [-0.2, -0.15) is 10.2 Å². The molecule has 106 valence electrons. The third-order valence-electron chi connectivity index (χ3n) is 2.80. The average molecular weight is 280 g/mol. The third-order valence-corrected chi connectivity index (χ3v) is 2.80. The van der Waals surface area contributed by atoms with E-state index < -0.39 is 30.2 Å². The quantitative estimate of drug-likeness (QED) is 0.602. The maximum atomic E-state index is 11.8. The molecule has 0 radical (unpaired) electrons. The fraction of sp³-hybridized carbons (Fsp3) is 0.455. The van der Waals surface area contributed by atoms with Crippen molar-refractivity contribution in [2.24, 2.45) is 5.92 Å². The second-order valence-electron chi connectivity index (χ2n) is 4.25. The van der Waals surface area contributed by atoms with Gasteiger partial charge in [-0.25, -0.2) is 4.79 Å². The van der Waals surface area contributed by atoms with Crippen molar-refractivity contribution in [2.45, 2.75) is 25.5 Å². The van der Waals surface area contributed by atoms with Crippen LogP contribution in [0.4, 0.5) is 5.82 Å². The number of hydrogen-bond acceptors (Lipinski definition) is 7. The Kier molecular flexibility index (Phi) is 3.80. The first-order valence-electron chi connectivity index (χ1n) is 5.72. The SMILES string of the molecule is CC(=O)Nc1ccn(C2OC(O)C(O)[C@@H]2C#N)c(=O)n1. The molecular formula is C11H12N4O5. The molecule has 1 aromatic rings. The van der Waals surface area contributed by atoms with Crippen molar-refractivity contribution in [3.8, 4) is 6.07 Å². The molecule has 9 nitrogen and oxygen atoms in total. The molecule has 1 aliphatic rings. The summed E-state index contributed by atoms with van der Waals surface area (Å²) in [5, 5.41) is 30.2. The van der Waals surface area contributed by atoms with Gasteiger partial charge in [0.05, 0.1) is 6.07 Å². The van der Waals surface area contributed by atoms with Crippen LogP contribution in [0.25, 0.3) is 0 Å². The number of anilines is 1. The molecule has 1 saturated heterocycles. The van der Waals surface area contributed by atoms with Gasteiger partial charge in [0.25, 0.3) is 0 Å². The lowest BCUT2D eigenvalue weighted by atomic mass is 10.1. The summed E-state index contributed by atoms with van der Waals surface area (Å²) in [6.45, 7) is 1.27. The van der Waals surface area contributed by atoms with E-state index in [0.29, 0.717) is 0 Å². The van der Waals surface area contributed by atoms with Crippen LogP contribution in [0.1, 0.15) is 13.2 Å². The molecule has 20 heavy (non-hydrogen) atoms. The fourth-order valence-electron chi connectivity index (χ4n) is 1.89. The van der Waals surface area contributed by atoms with Crippen molar-refractivity contribution >= 4 is 11.7 Å². The van der Waals surface area contributed by atoms with Crippen LogP contribution in [0.5, 0.6) is 0 Å². The molecule has 0 aliphatic carbocycles. The Morgan fingerprint density at radius 2 is 2.30 bits per heavy atom. The van der Waals surface area contributed by atoms with Gasteiger partial charge in [-0.15, -0.1) is 0 Å². The van der Waals surface area contributed by atoms with Crippen LogP contribution >= 0.6 is 0 Å². The highest BCUT2D eigenvalue weighted by Gasteiger charge is 2.44. The Bertz CT molecular complexity index is 622. The van der Waals surface area contributed by atoms with E-state index in [1.165, 1.54) is 19.2 Å². The van der Waals surface area contributed by atoms with Gasteiger partial charge < -0.3 is 20.3 Å². The lowest BCUT2D eigenvalue weighted by Gasteiger charge is -2.16. The van der Waals surface area contributed by atoms with E-state index in [1.54, 1.807) is 6.07 Å². The standard InChI is InChI=1S/C11H12N4O5/c1-5(16)13-7-2-3-15(11(19)14-7)9-6(4-12)8(17)10(18)20-9/h2-3,6,8-10,17-18H,1H3,(H,13,14,16,19)/t6-,8?,9?,10?/m0/s1. The highest BCUT2D eigenvalue weighted by atomic mass is 16.6. The number of nitrogens with one attached hydrogen (secondary N) is 1. The summed E-state index contributed by atoms with van der Waals surface area (Å²) in [6.07, 6.45) is -2.84. The summed E-state index contributed by atoms with van der Waals surface area (Å²) < 4.78 is 5.95. The molecule has 3 N–H and O–H groups in total. The predicted octanol–water partition coefficient (Wildman–Crippen LogP) is -1.45. The van der Waals surface area contributed by atoms with Gasteiger partial charge in [0.1, 0.15) is 17.8 Å². The number of ether oxygens (including phenoxy) is 1. The number of carbonyl (C=O) groups excluding carboxylic acids is 1. The van der Waals surface area contributed by atoms with Crippen molar-refractivity contribution in [1.82, 2.24) is 9.55 Å². The zero-order valence-electron chi connectivity index (χ0n) is 10.4. The molecule has 3 unspecified atom stereocenters. The topological polar surface area (TPSA) is 137 Å². The maximum Gasteiger partial charge on any atom is 0.351 e. The van der Waals surface area contributed by atoms with Crippen LogP contribution in [-0.4, -0.2) is 38.1 Å². The first-order valence-corrected chi connectivity index (χ1v) is 5.72. The smallest absolute Gasteiger partial charge is 0.351 e. The van der Waals surface area contributed by atoms with Crippen molar-refractivity contribution in [3.05, 3.63) is 22.7 Å². The number of hydrogen-bond donors (Lipinski definition) is 3. The summed E-state index contributed by atoms with van der Waals surface area (Å²) in [5.74, 6) is -1.42. The van der Waals surface area contributed by atoms with E-state index >= 15 is 0 Å². The van der Waals surface area contributed by atoms with Gasteiger partial charge in [0.2, 0.25) is 5.91 Å². The number of aliphatic hydroxyl groups excluding tert-OH is 2. The largest absolute Gasteiger partial charge is 0.386 e. The lowest BCUT2D eigenvalue weighted by molar-refractivity contribution is -0.142. The molecule has 2 rings (SSSR count). The molecule has 0 saturated carbocycles. The van der Waals surface area contributed by atoms with Crippen molar-refractivity contribution in [3.63, 3.8) is 0 Å². The van der Waals surface area contributed by atoms with Gasteiger partial charge in [-0.05, 0) is 6.07 Å². The molecular weight excluding hydrogens is 268 g/mol. The predicted molar refractivity (Wildman–Crippen MR) is 64.0 cm³/mol. The van der Waals surface area contributed by atoms with Crippen LogP contribution in [-0.2, 0) is 9.53 Å². The monoisotopic (exact) mass is 280 g/mol. The minimum absolute atomic E-state index is 0.0614. The average Bonchev–Trinajstić information content (AvgIpc) is 2.64. The van der Waals surface area contributed by atoms with Gasteiger partial charge in [0.15, 0.2) is 12.5 Å². The highest BCUT2D eigenvalue weighted by Crippen LogP contribution is 2.32. The van der Waals surface area contributed by atoms with E-state index in [9.17, 15) is 19.8 Å². The van der Waals surface area contributed by atoms with Gasteiger partial charge in [-0.1, -0.05) is 0 Å². The molecule has 1 aromatic heterocycles. The molecule has 0 bridgehead atoms. The molecule has 9 heteroatoms. The number of aromatic nitrogens is 2. The maximum absolute atomic E-state index is 11.8. The molecule has 2 heterocycles. The second kappa shape index (κ2) is 5.38. The van der Waals surface area contributed by atoms with Crippen molar-refractivity contribution in [1.29, 1.82) is 5.26 Å². The van der Waals surface area contributed by atoms with E-state index in [1.807, 2.05) is 0 Å². The minimum Gasteiger partial charge on any atom is -0.386 e. The van der Waals surface area contributed by atoms with E-state index in [0.717, 1.165) is 4.57 Å².